The number of rotatable bonds is 11. The second-order valence-electron chi connectivity index (χ2n) is 6.69. The summed E-state index contributed by atoms with van der Waals surface area (Å²) in [5.41, 5.74) is 1.86. The van der Waals surface area contributed by atoms with Crippen LogP contribution in [0, 0.1) is 0 Å². The first-order chi connectivity index (χ1) is 13.4. The molecule has 158 valence electrons. The zero-order valence-electron chi connectivity index (χ0n) is 17.0. The predicted octanol–water partition coefficient (Wildman–Crippen LogP) is 0.921. The molecule has 0 aliphatic carbocycles. The third-order valence-electron chi connectivity index (χ3n) is 4.41. The summed E-state index contributed by atoms with van der Waals surface area (Å²) in [4.78, 5) is 24.1. The summed E-state index contributed by atoms with van der Waals surface area (Å²) in [6.07, 6.45) is 10.7. The van der Waals surface area contributed by atoms with E-state index in [4.69, 9.17) is 0 Å². The van der Waals surface area contributed by atoms with Crippen LogP contribution in [0.1, 0.15) is 39.5 Å². The molecule has 2 amide bonds. The zero-order chi connectivity index (χ0) is 20.6. The van der Waals surface area contributed by atoms with E-state index in [-0.39, 0.29) is 11.8 Å². The molecule has 6 N–H and O–H groups in total. The molecule has 10 heteroatoms. The van der Waals surface area contributed by atoms with Gasteiger partial charge in [0.2, 0.25) is 22.1 Å². The molecule has 0 aromatic rings. The maximum absolute atomic E-state index is 12.1. The van der Waals surface area contributed by atoms with Crippen molar-refractivity contribution in [3.63, 3.8) is 0 Å². The fraction of sp³-hybridized carbons (Fsp3) is 0.667. The Morgan fingerprint density at radius 1 is 0.786 bits per heavy atom. The number of amides is 2. The maximum atomic E-state index is 12.1. The third-order valence-corrected chi connectivity index (χ3v) is 6.33. The molecule has 2 aliphatic rings. The minimum absolute atomic E-state index is 0.104. The van der Waals surface area contributed by atoms with Gasteiger partial charge in [-0.3, -0.25) is 20.2 Å². The Bertz CT molecular complexity index is 588. The Morgan fingerprint density at radius 3 is 1.50 bits per heavy atom. The highest BCUT2D eigenvalue weighted by molar-refractivity contribution is 8.00. The van der Waals surface area contributed by atoms with E-state index in [1.807, 2.05) is 12.5 Å². The van der Waals surface area contributed by atoms with Crippen LogP contribution in [0.25, 0.3) is 0 Å². The van der Waals surface area contributed by atoms with Gasteiger partial charge in [0.15, 0.2) is 0 Å². The molecule has 2 rings (SSSR count). The van der Waals surface area contributed by atoms with E-state index in [0.717, 1.165) is 37.1 Å². The van der Waals surface area contributed by atoms with Crippen LogP contribution in [-0.2, 0) is 9.59 Å². The number of hydrogen-bond acceptors (Lipinski definition) is 8. The van der Waals surface area contributed by atoms with Gasteiger partial charge in [-0.15, -0.1) is 0 Å². The van der Waals surface area contributed by atoms with Gasteiger partial charge in [0, 0.05) is 36.6 Å². The molecule has 2 aliphatic heterocycles. The molecule has 0 aromatic carbocycles. The summed E-state index contributed by atoms with van der Waals surface area (Å²) in [5, 5.41) is 18.0. The standard InChI is InChI=1S/C18H32N6O2S2/c1-5-7-13-11-15(25)23-17(21-13,27-3)19-9-10-20-18(28-4)22-14(8-6-2)12-16(26)24-18/h11-12,19-22H,5-10H2,1-4H3,(H,23,25)(H,24,26). The lowest BCUT2D eigenvalue weighted by Gasteiger charge is -2.41. The van der Waals surface area contributed by atoms with Crippen LogP contribution in [-0.4, -0.2) is 47.7 Å². The molecule has 0 spiro atoms. The smallest absolute Gasteiger partial charge is 0.249 e. The van der Waals surface area contributed by atoms with E-state index in [2.05, 4.69) is 45.7 Å². The van der Waals surface area contributed by atoms with Crippen molar-refractivity contribution in [1.29, 1.82) is 0 Å². The van der Waals surface area contributed by atoms with Gasteiger partial charge in [-0.2, -0.15) is 0 Å². The number of allylic oxidation sites excluding steroid dienone is 2. The topological polar surface area (TPSA) is 106 Å². The molecule has 2 atom stereocenters. The quantitative estimate of drug-likeness (QED) is 0.213. The molecule has 28 heavy (non-hydrogen) atoms. The van der Waals surface area contributed by atoms with Crippen molar-refractivity contribution < 1.29 is 9.59 Å². The van der Waals surface area contributed by atoms with Crippen molar-refractivity contribution >= 4 is 35.3 Å². The number of carbonyl (C=O) groups is 2. The van der Waals surface area contributed by atoms with E-state index < -0.39 is 10.2 Å². The minimum atomic E-state index is -0.735. The summed E-state index contributed by atoms with van der Waals surface area (Å²) < 4.78 is 0. The normalized spacial score (nSPS) is 27.1. The molecule has 8 nitrogen and oxygen atoms in total. The van der Waals surface area contributed by atoms with Gasteiger partial charge in [-0.25, -0.2) is 0 Å². The number of carbonyl (C=O) groups excluding carboxylic acids is 2. The molecule has 0 radical (unpaired) electrons. The summed E-state index contributed by atoms with van der Waals surface area (Å²) in [5.74, 6) is -0.207. The Balaban J connectivity index is 1.93. The van der Waals surface area contributed by atoms with Crippen molar-refractivity contribution in [2.75, 3.05) is 25.6 Å². The van der Waals surface area contributed by atoms with Crippen LogP contribution in [0.15, 0.2) is 23.5 Å². The van der Waals surface area contributed by atoms with E-state index in [0.29, 0.717) is 13.1 Å². The van der Waals surface area contributed by atoms with Gasteiger partial charge in [-0.05, 0) is 25.4 Å². The average molecular weight is 429 g/mol. The Kier molecular flexibility index (Phi) is 8.54. The molecule has 0 fully saturated rings. The largest absolute Gasteiger partial charge is 0.345 e. The Hall–Kier alpha value is -1.36. The molecule has 2 heterocycles. The van der Waals surface area contributed by atoms with E-state index in [1.165, 1.54) is 23.5 Å². The average Bonchev–Trinajstić information content (AvgIpc) is 2.65. The molecular weight excluding hydrogens is 396 g/mol. The van der Waals surface area contributed by atoms with E-state index in [1.54, 1.807) is 12.2 Å². The molecule has 0 saturated carbocycles. The van der Waals surface area contributed by atoms with Crippen LogP contribution >= 0.6 is 23.5 Å². The summed E-state index contributed by atoms with van der Waals surface area (Å²) in [6, 6.07) is 0. The second-order valence-corrected chi connectivity index (χ2v) is 8.73. The molecule has 0 saturated heterocycles. The monoisotopic (exact) mass is 428 g/mol. The third kappa shape index (κ3) is 6.07. The predicted molar refractivity (Wildman–Crippen MR) is 117 cm³/mol. The highest BCUT2D eigenvalue weighted by Crippen LogP contribution is 2.21. The van der Waals surface area contributed by atoms with Crippen molar-refractivity contribution in [2.45, 2.75) is 49.8 Å². The SMILES string of the molecule is CCCC1=CC(=O)NC(NCCNC2(SC)NC(=O)C=C(CCC)N2)(SC)N1. The summed E-state index contributed by atoms with van der Waals surface area (Å²) >= 11 is 3.00. The summed E-state index contributed by atoms with van der Waals surface area (Å²) in [6.45, 7) is 5.34. The maximum Gasteiger partial charge on any atom is 0.249 e. The lowest BCUT2D eigenvalue weighted by atomic mass is 10.2. The van der Waals surface area contributed by atoms with Gasteiger partial charge in [0.25, 0.3) is 0 Å². The van der Waals surface area contributed by atoms with Crippen LogP contribution in [0.2, 0.25) is 0 Å². The molecular formula is C18H32N6O2S2. The van der Waals surface area contributed by atoms with E-state index >= 15 is 0 Å². The first-order valence-electron chi connectivity index (χ1n) is 9.62. The highest BCUT2D eigenvalue weighted by Gasteiger charge is 2.36. The van der Waals surface area contributed by atoms with Crippen molar-refractivity contribution in [3.05, 3.63) is 23.5 Å². The van der Waals surface area contributed by atoms with Crippen molar-refractivity contribution in [1.82, 2.24) is 31.9 Å². The Labute approximate surface area is 175 Å². The number of nitrogens with one attached hydrogen (secondary N) is 6. The van der Waals surface area contributed by atoms with Crippen molar-refractivity contribution in [2.24, 2.45) is 0 Å². The van der Waals surface area contributed by atoms with Crippen LogP contribution in [0.5, 0.6) is 0 Å². The van der Waals surface area contributed by atoms with Crippen molar-refractivity contribution in [3.8, 4) is 0 Å². The van der Waals surface area contributed by atoms with Crippen LogP contribution in [0.4, 0.5) is 0 Å². The van der Waals surface area contributed by atoms with Gasteiger partial charge in [0.1, 0.15) is 0 Å². The first kappa shape index (κ1) is 22.9. The second kappa shape index (κ2) is 10.4. The van der Waals surface area contributed by atoms with Gasteiger partial charge in [-0.1, -0.05) is 50.2 Å². The fourth-order valence-corrected chi connectivity index (χ4v) is 4.50. The van der Waals surface area contributed by atoms with E-state index in [9.17, 15) is 9.59 Å². The minimum Gasteiger partial charge on any atom is -0.345 e. The van der Waals surface area contributed by atoms with Gasteiger partial charge >= 0.3 is 0 Å². The van der Waals surface area contributed by atoms with Gasteiger partial charge in [0.05, 0.1) is 0 Å². The lowest BCUT2D eigenvalue weighted by molar-refractivity contribution is -0.119. The molecule has 0 bridgehead atoms. The van der Waals surface area contributed by atoms with Crippen LogP contribution < -0.4 is 31.9 Å². The molecule has 2 unspecified atom stereocenters. The van der Waals surface area contributed by atoms with Gasteiger partial charge < -0.3 is 21.3 Å². The van der Waals surface area contributed by atoms with Crippen LogP contribution in [0.3, 0.4) is 0 Å². The first-order valence-corrected chi connectivity index (χ1v) is 12.1. The Morgan fingerprint density at radius 2 is 1.18 bits per heavy atom. The fourth-order valence-electron chi connectivity index (χ4n) is 3.13. The lowest BCUT2D eigenvalue weighted by Crippen LogP contribution is -2.70. The summed E-state index contributed by atoms with van der Waals surface area (Å²) in [7, 11) is 0. The zero-order valence-corrected chi connectivity index (χ0v) is 18.7. The number of hydrogen-bond donors (Lipinski definition) is 6. The molecule has 0 aromatic heterocycles. The highest BCUT2D eigenvalue weighted by atomic mass is 32.2. The number of thioether (sulfide) groups is 2.